The first kappa shape index (κ1) is 14.3. The molecule has 1 fully saturated rings. The average Bonchev–Trinajstić information content (AvgIpc) is 2.46. The highest BCUT2D eigenvalue weighted by Gasteiger charge is 2.22. The predicted octanol–water partition coefficient (Wildman–Crippen LogP) is 4.37. The van der Waals surface area contributed by atoms with Crippen LogP contribution in [0, 0.1) is 5.92 Å². The Balaban J connectivity index is 2.02. The molecule has 0 saturated heterocycles. The molecule has 1 aliphatic carbocycles. The van der Waals surface area contributed by atoms with Crippen molar-refractivity contribution in [2.75, 3.05) is 5.32 Å². The summed E-state index contributed by atoms with van der Waals surface area (Å²) >= 11 is 0. The van der Waals surface area contributed by atoms with E-state index in [1.807, 2.05) is 0 Å². The lowest BCUT2D eigenvalue weighted by Gasteiger charge is -2.30. The third kappa shape index (κ3) is 3.92. The maximum atomic E-state index is 4.38. The zero-order valence-electron chi connectivity index (χ0n) is 12.5. The second-order valence-electron chi connectivity index (χ2n) is 6.04. The van der Waals surface area contributed by atoms with Crippen LogP contribution in [0.1, 0.15) is 70.9 Å². The summed E-state index contributed by atoms with van der Waals surface area (Å²) in [7, 11) is 0. The summed E-state index contributed by atoms with van der Waals surface area (Å²) in [6.07, 6.45) is 9.80. The Kier molecular flexibility index (Phi) is 5.17. The van der Waals surface area contributed by atoms with Crippen LogP contribution < -0.4 is 5.32 Å². The summed E-state index contributed by atoms with van der Waals surface area (Å²) < 4.78 is 0. The van der Waals surface area contributed by atoms with Gasteiger partial charge in [-0.05, 0) is 31.1 Å². The molecular weight excluding hydrogens is 234 g/mol. The Morgan fingerprint density at radius 2 is 1.95 bits per heavy atom. The minimum absolute atomic E-state index is 0.457. The van der Waals surface area contributed by atoms with E-state index in [2.05, 4.69) is 42.1 Å². The van der Waals surface area contributed by atoms with Gasteiger partial charge in [0.15, 0.2) is 0 Å². The summed E-state index contributed by atoms with van der Waals surface area (Å²) in [5.74, 6) is 2.27. The molecule has 3 nitrogen and oxygen atoms in total. The Labute approximate surface area is 117 Å². The molecular formula is C16H27N3. The van der Waals surface area contributed by atoms with Gasteiger partial charge in [0.05, 0.1) is 0 Å². The fraction of sp³-hybridized carbons (Fsp3) is 0.750. The lowest BCUT2D eigenvalue weighted by atomic mass is 9.83. The molecule has 1 saturated carbocycles. The minimum Gasteiger partial charge on any atom is -0.367 e. The highest BCUT2D eigenvalue weighted by Crippen LogP contribution is 2.29. The number of anilines is 1. The van der Waals surface area contributed by atoms with E-state index in [0.29, 0.717) is 12.0 Å². The highest BCUT2D eigenvalue weighted by atomic mass is 15.0. The van der Waals surface area contributed by atoms with E-state index >= 15 is 0 Å². The van der Waals surface area contributed by atoms with E-state index in [4.69, 9.17) is 0 Å². The van der Waals surface area contributed by atoms with Crippen molar-refractivity contribution in [1.82, 2.24) is 9.97 Å². The lowest BCUT2D eigenvalue weighted by molar-refractivity contribution is 0.312. The van der Waals surface area contributed by atoms with E-state index in [1.54, 1.807) is 6.33 Å². The van der Waals surface area contributed by atoms with Crippen LogP contribution >= 0.6 is 0 Å². The van der Waals surface area contributed by atoms with Gasteiger partial charge < -0.3 is 5.32 Å². The van der Waals surface area contributed by atoms with E-state index in [0.717, 1.165) is 17.4 Å². The van der Waals surface area contributed by atoms with Gasteiger partial charge in [0, 0.05) is 17.8 Å². The van der Waals surface area contributed by atoms with Crippen molar-refractivity contribution in [3.05, 3.63) is 18.1 Å². The topological polar surface area (TPSA) is 37.8 Å². The second-order valence-corrected chi connectivity index (χ2v) is 6.04. The number of hydrogen-bond donors (Lipinski definition) is 1. The van der Waals surface area contributed by atoms with Crippen LogP contribution in [0.5, 0.6) is 0 Å². The quantitative estimate of drug-likeness (QED) is 0.855. The molecule has 19 heavy (non-hydrogen) atoms. The van der Waals surface area contributed by atoms with Crippen molar-refractivity contribution in [3.8, 4) is 0 Å². The van der Waals surface area contributed by atoms with Gasteiger partial charge in [0.2, 0.25) is 0 Å². The van der Waals surface area contributed by atoms with Crippen LogP contribution in [0.3, 0.4) is 0 Å². The predicted molar refractivity (Wildman–Crippen MR) is 80.4 cm³/mol. The SMILES string of the molecule is CCC(Nc1cc(C(C)C)ncn1)C1CCCCC1. The van der Waals surface area contributed by atoms with Gasteiger partial charge in [-0.3, -0.25) is 0 Å². The van der Waals surface area contributed by atoms with Gasteiger partial charge >= 0.3 is 0 Å². The van der Waals surface area contributed by atoms with Gasteiger partial charge in [0.1, 0.15) is 12.1 Å². The summed E-state index contributed by atoms with van der Waals surface area (Å²) in [5.41, 5.74) is 1.12. The maximum Gasteiger partial charge on any atom is 0.129 e. The standard InChI is InChI=1S/C16H27N3/c1-4-14(13-8-6-5-7-9-13)19-16-10-15(12(2)3)17-11-18-16/h10-14H,4-9H2,1-3H3,(H,17,18,19). The Morgan fingerprint density at radius 1 is 1.21 bits per heavy atom. The number of rotatable bonds is 5. The molecule has 0 spiro atoms. The molecule has 0 amide bonds. The smallest absolute Gasteiger partial charge is 0.129 e. The van der Waals surface area contributed by atoms with Gasteiger partial charge in [-0.25, -0.2) is 9.97 Å². The summed E-state index contributed by atoms with van der Waals surface area (Å²) in [6, 6.07) is 2.67. The Hall–Kier alpha value is -1.12. The van der Waals surface area contributed by atoms with Gasteiger partial charge in [-0.2, -0.15) is 0 Å². The fourth-order valence-electron chi connectivity index (χ4n) is 3.05. The zero-order valence-corrected chi connectivity index (χ0v) is 12.5. The first-order chi connectivity index (χ1) is 9.20. The third-order valence-corrected chi connectivity index (χ3v) is 4.27. The van der Waals surface area contributed by atoms with E-state index in [9.17, 15) is 0 Å². The molecule has 1 aromatic rings. The van der Waals surface area contributed by atoms with Crippen molar-refractivity contribution >= 4 is 5.82 Å². The van der Waals surface area contributed by atoms with E-state index < -0.39 is 0 Å². The van der Waals surface area contributed by atoms with Crippen molar-refractivity contribution < 1.29 is 0 Å². The number of nitrogens with one attached hydrogen (secondary N) is 1. The summed E-state index contributed by atoms with van der Waals surface area (Å²) in [5, 5.41) is 3.64. The maximum absolute atomic E-state index is 4.38. The summed E-state index contributed by atoms with van der Waals surface area (Å²) in [6.45, 7) is 6.62. The van der Waals surface area contributed by atoms with Crippen molar-refractivity contribution in [1.29, 1.82) is 0 Å². The van der Waals surface area contributed by atoms with Crippen LogP contribution in [0.2, 0.25) is 0 Å². The average molecular weight is 261 g/mol. The van der Waals surface area contributed by atoms with Crippen LogP contribution in [0.4, 0.5) is 5.82 Å². The van der Waals surface area contributed by atoms with Gasteiger partial charge in [-0.1, -0.05) is 40.0 Å². The van der Waals surface area contributed by atoms with Gasteiger partial charge in [-0.15, -0.1) is 0 Å². The second kappa shape index (κ2) is 6.88. The monoisotopic (exact) mass is 261 g/mol. The number of hydrogen-bond acceptors (Lipinski definition) is 3. The van der Waals surface area contributed by atoms with Gasteiger partial charge in [0.25, 0.3) is 0 Å². The molecule has 0 aromatic carbocycles. The molecule has 0 bridgehead atoms. The van der Waals surface area contributed by atoms with Crippen molar-refractivity contribution in [3.63, 3.8) is 0 Å². The molecule has 1 unspecified atom stereocenters. The molecule has 2 rings (SSSR count). The highest BCUT2D eigenvalue weighted by molar-refractivity contribution is 5.37. The zero-order chi connectivity index (χ0) is 13.7. The Bertz CT molecular complexity index is 383. The van der Waals surface area contributed by atoms with Crippen LogP contribution in [0.15, 0.2) is 12.4 Å². The molecule has 1 aliphatic rings. The molecule has 0 radical (unpaired) electrons. The molecule has 0 aliphatic heterocycles. The minimum atomic E-state index is 0.457. The molecule has 1 atom stereocenters. The van der Waals surface area contributed by atoms with Crippen LogP contribution in [0.25, 0.3) is 0 Å². The van der Waals surface area contributed by atoms with Crippen LogP contribution in [-0.2, 0) is 0 Å². The summed E-state index contributed by atoms with van der Waals surface area (Å²) in [4.78, 5) is 8.72. The number of nitrogens with zero attached hydrogens (tertiary/aromatic N) is 2. The first-order valence-corrected chi connectivity index (χ1v) is 7.79. The lowest BCUT2D eigenvalue weighted by Crippen LogP contribution is -2.30. The molecule has 1 heterocycles. The fourth-order valence-corrected chi connectivity index (χ4v) is 3.05. The third-order valence-electron chi connectivity index (χ3n) is 4.27. The normalized spacial score (nSPS) is 18.5. The molecule has 1 aromatic heterocycles. The van der Waals surface area contributed by atoms with E-state index in [-0.39, 0.29) is 0 Å². The van der Waals surface area contributed by atoms with Crippen molar-refractivity contribution in [2.24, 2.45) is 5.92 Å². The molecule has 3 heteroatoms. The molecule has 106 valence electrons. The van der Waals surface area contributed by atoms with E-state index in [1.165, 1.54) is 38.5 Å². The van der Waals surface area contributed by atoms with Crippen molar-refractivity contribution in [2.45, 2.75) is 71.3 Å². The Morgan fingerprint density at radius 3 is 2.58 bits per heavy atom. The number of aromatic nitrogens is 2. The largest absolute Gasteiger partial charge is 0.367 e. The first-order valence-electron chi connectivity index (χ1n) is 7.79. The van der Waals surface area contributed by atoms with Crippen LogP contribution in [-0.4, -0.2) is 16.0 Å². The molecule has 1 N–H and O–H groups in total.